The summed E-state index contributed by atoms with van der Waals surface area (Å²) in [6.45, 7) is 3.07. The minimum Gasteiger partial charge on any atom is -0.456 e. The molecule has 0 aliphatic carbocycles. The van der Waals surface area contributed by atoms with E-state index in [1.54, 1.807) is 36.1 Å². The SMILES string of the molecule is CC(OC(=O)c1ccccc1Oc1ccccc1)C(=O)N1CCCC1. The number of hydrogen-bond donors (Lipinski definition) is 0. The molecule has 1 saturated heterocycles. The molecule has 0 aromatic heterocycles. The lowest BCUT2D eigenvalue weighted by Crippen LogP contribution is -2.38. The number of carbonyl (C=O) groups is 2. The molecular weight excluding hydrogens is 318 g/mol. The molecule has 2 aromatic carbocycles. The first-order chi connectivity index (χ1) is 12.1. The van der Waals surface area contributed by atoms with Crippen molar-refractivity contribution in [1.29, 1.82) is 0 Å². The first-order valence-corrected chi connectivity index (χ1v) is 8.47. The van der Waals surface area contributed by atoms with Gasteiger partial charge in [0.05, 0.1) is 0 Å². The van der Waals surface area contributed by atoms with Crippen molar-refractivity contribution in [2.75, 3.05) is 13.1 Å². The lowest BCUT2D eigenvalue weighted by atomic mass is 10.2. The van der Waals surface area contributed by atoms with Crippen molar-refractivity contribution in [2.45, 2.75) is 25.9 Å². The van der Waals surface area contributed by atoms with E-state index in [1.165, 1.54) is 0 Å². The van der Waals surface area contributed by atoms with Gasteiger partial charge in [-0.15, -0.1) is 0 Å². The smallest absolute Gasteiger partial charge is 0.342 e. The zero-order valence-corrected chi connectivity index (χ0v) is 14.2. The van der Waals surface area contributed by atoms with Crippen molar-refractivity contribution in [3.05, 3.63) is 60.2 Å². The highest BCUT2D eigenvalue weighted by atomic mass is 16.5. The van der Waals surface area contributed by atoms with Gasteiger partial charge in [0.2, 0.25) is 0 Å². The van der Waals surface area contributed by atoms with E-state index in [0.717, 1.165) is 25.9 Å². The zero-order valence-electron chi connectivity index (χ0n) is 14.2. The minimum atomic E-state index is -0.810. The molecule has 25 heavy (non-hydrogen) atoms. The summed E-state index contributed by atoms with van der Waals surface area (Å²) in [5.41, 5.74) is 0.299. The molecule has 1 fully saturated rings. The maximum absolute atomic E-state index is 12.5. The number of hydrogen-bond acceptors (Lipinski definition) is 4. The number of carbonyl (C=O) groups excluding carboxylic acids is 2. The maximum Gasteiger partial charge on any atom is 0.342 e. The summed E-state index contributed by atoms with van der Waals surface area (Å²) in [4.78, 5) is 26.6. The summed E-state index contributed by atoms with van der Waals surface area (Å²) in [5, 5.41) is 0. The van der Waals surface area contributed by atoms with Gasteiger partial charge >= 0.3 is 5.97 Å². The van der Waals surface area contributed by atoms with Gasteiger partial charge in [0.1, 0.15) is 17.1 Å². The fraction of sp³-hybridized carbons (Fsp3) is 0.300. The second-order valence-electron chi connectivity index (χ2n) is 5.99. The van der Waals surface area contributed by atoms with Crippen LogP contribution in [0.15, 0.2) is 54.6 Å². The molecular formula is C20H21NO4. The van der Waals surface area contributed by atoms with Crippen LogP contribution in [0.5, 0.6) is 11.5 Å². The summed E-state index contributed by atoms with van der Waals surface area (Å²) >= 11 is 0. The van der Waals surface area contributed by atoms with Gasteiger partial charge in [-0.1, -0.05) is 30.3 Å². The Morgan fingerprint density at radius 1 is 0.960 bits per heavy atom. The van der Waals surface area contributed by atoms with Crippen molar-refractivity contribution >= 4 is 11.9 Å². The highest BCUT2D eigenvalue weighted by molar-refractivity contribution is 5.94. The fourth-order valence-electron chi connectivity index (χ4n) is 2.81. The highest BCUT2D eigenvalue weighted by Gasteiger charge is 2.27. The summed E-state index contributed by atoms with van der Waals surface area (Å²) in [6.07, 6.45) is 1.19. The first kappa shape index (κ1) is 17.0. The molecule has 0 saturated carbocycles. The Balaban J connectivity index is 1.70. The molecule has 3 rings (SSSR count). The molecule has 130 valence electrons. The van der Waals surface area contributed by atoms with Gasteiger partial charge < -0.3 is 14.4 Å². The predicted octanol–water partition coefficient (Wildman–Crippen LogP) is 3.65. The van der Waals surface area contributed by atoms with Gasteiger partial charge in [0.25, 0.3) is 5.91 Å². The third kappa shape index (κ3) is 4.18. The van der Waals surface area contributed by atoms with Crippen LogP contribution in [-0.2, 0) is 9.53 Å². The molecule has 2 aromatic rings. The van der Waals surface area contributed by atoms with Crippen LogP contribution in [0, 0.1) is 0 Å². The van der Waals surface area contributed by atoms with E-state index in [-0.39, 0.29) is 5.91 Å². The molecule has 1 aliphatic rings. The van der Waals surface area contributed by atoms with Crippen LogP contribution in [0.1, 0.15) is 30.1 Å². The van der Waals surface area contributed by atoms with Crippen LogP contribution in [0.3, 0.4) is 0 Å². The topological polar surface area (TPSA) is 55.8 Å². The van der Waals surface area contributed by atoms with Crippen LogP contribution < -0.4 is 4.74 Å². The van der Waals surface area contributed by atoms with Gasteiger partial charge in [0, 0.05) is 13.1 Å². The maximum atomic E-state index is 12.5. The van der Waals surface area contributed by atoms with Crippen molar-refractivity contribution in [3.8, 4) is 11.5 Å². The largest absolute Gasteiger partial charge is 0.456 e. The summed E-state index contributed by atoms with van der Waals surface area (Å²) in [6, 6.07) is 16.1. The van der Waals surface area contributed by atoms with E-state index in [2.05, 4.69) is 0 Å². The Morgan fingerprint density at radius 2 is 1.60 bits per heavy atom. The van der Waals surface area contributed by atoms with E-state index in [9.17, 15) is 9.59 Å². The van der Waals surface area contributed by atoms with Crippen LogP contribution >= 0.6 is 0 Å². The van der Waals surface area contributed by atoms with Gasteiger partial charge in [-0.2, -0.15) is 0 Å². The second kappa shape index (κ2) is 7.83. The summed E-state index contributed by atoms with van der Waals surface area (Å²) in [5.74, 6) is 0.322. The number of nitrogens with zero attached hydrogens (tertiary/aromatic N) is 1. The van der Waals surface area contributed by atoms with Crippen LogP contribution in [0.4, 0.5) is 0 Å². The van der Waals surface area contributed by atoms with Gasteiger partial charge in [-0.3, -0.25) is 4.79 Å². The number of ether oxygens (including phenoxy) is 2. The van der Waals surface area contributed by atoms with Gasteiger partial charge in [-0.25, -0.2) is 4.79 Å². The molecule has 1 heterocycles. The monoisotopic (exact) mass is 339 g/mol. The molecule has 0 bridgehead atoms. The highest BCUT2D eigenvalue weighted by Crippen LogP contribution is 2.26. The van der Waals surface area contributed by atoms with E-state index < -0.39 is 12.1 Å². The summed E-state index contributed by atoms with van der Waals surface area (Å²) in [7, 11) is 0. The fourth-order valence-corrected chi connectivity index (χ4v) is 2.81. The number of amides is 1. The Labute approximate surface area is 147 Å². The third-order valence-electron chi connectivity index (χ3n) is 4.13. The standard InChI is InChI=1S/C20H21NO4/c1-15(19(22)21-13-7-8-14-21)24-20(23)17-11-5-6-12-18(17)25-16-9-3-2-4-10-16/h2-6,9-12,15H,7-8,13-14H2,1H3. The molecule has 1 amide bonds. The molecule has 5 nitrogen and oxygen atoms in total. The average Bonchev–Trinajstić information content (AvgIpc) is 3.17. The van der Waals surface area contributed by atoms with E-state index in [0.29, 0.717) is 17.1 Å². The summed E-state index contributed by atoms with van der Waals surface area (Å²) < 4.78 is 11.2. The van der Waals surface area contributed by atoms with Crippen LogP contribution in [-0.4, -0.2) is 36.0 Å². The third-order valence-corrected chi connectivity index (χ3v) is 4.13. The zero-order chi connectivity index (χ0) is 17.6. The number of esters is 1. The Hall–Kier alpha value is -2.82. The Bertz CT molecular complexity index is 738. The number of rotatable bonds is 5. The number of benzene rings is 2. The van der Waals surface area contributed by atoms with Crippen LogP contribution in [0.2, 0.25) is 0 Å². The van der Waals surface area contributed by atoms with Crippen molar-refractivity contribution < 1.29 is 19.1 Å². The van der Waals surface area contributed by atoms with Crippen molar-refractivity contribution in [2.24, 2.45) is 0 Å². The number of para-hydroxylation sites is 2. The minimum absolute atomic E-state index is 0.146. The molecule has 0 radical (unpaired) electrons. The molecule has 1 aliphatic heterocycles. The molecule has 5 heteroatoms. The van der Waals surface area contributed by atoms with Gasteiger partial charge in [0.15, 0.2) is 6.10 Å². The second-order valence-corrected chi connectivity index (χ2v) is 5.99. The normalized spacial score (nSPS) is 14.8. The van der Waals surface area contributed by atoms with E-state index in [4.69, 9.17) is 9.47 Å². The average molecular weight is 339 g/mol. The van der Waals surface area contributed by atoms with Crippen LogP contribution in [0.25, 0.3) is 0 Å². The van der Waals surface area contributed by atoms with Gasteiger partial charge in [-0.05, 0) is 44.0 Å². The Morgan fingerprint density at radius 3 is 2.32 bits per heavy atom. The predicted molar refractivity (Wildman–Crippen MR) is 93.6 cm³/mol. The number of likely N-dealkylation sites (tertiary alicyclic amines) is 1. The Kier molecular flexibility index (Phi) is 5.33. The first-order valence-electron chi connectivity index (χ1n) is 8.47. The molecule has 0 spiro atoms. The molecule has 0 N–H and O–H groups in total. The van der Waals surface area contributed by atoms with E-state index >= 15 is 0 Å². The molecule has 1 atom stereocenters. The van der Waals surface area contributed by atoms with Crippen molar-refractivity contribution in [1.82, 2.24) is 4.90 Å². The van der Waals surface area contributed by atoms with Crippen molar-refractivity contribution in [3.63, 3.8) is 0 Å². The lowest BCUT2D eigenvalue weighted by molar-refractivity contribution is -0.138. The quantitative estimate of drug-likeness (QED) is 0.780. The lowest BCUT2D eigenvalue weighted by Gasteiger charge is -2.20. The molecule has 1 unspecified atom stereocenters. The van der Waals surface area contributed by atoms with E-state index in [1.807, 2.05) is 30.3 Å².